The highest BCUT2D eigenvalue weighted by Crippen LogP contribution is 2.45. The molecule has 0 radical (unpaired) electrons. The van der Waals surface area contributed by atoms with E-state index in [1.54, 1.807) is 4.90 Å². The molecule has 4 aromatic rings. The lowest BCUT2D eigenvalue weighted by Gasteiger charge is -2.17. The predicted octanol–water partition coefficient (Wildman–Crippen LogP) is 3.61. The molecule has 1 aliphatic heterocycles. The van der Waals surface area contributed by atoms with Crippen molar-refractivity contribution in [1.29, 1.82) is 0 Å². The van der Waals surface area contributed by atoms with Gasteiger partial charge in [-0.2, -0.15) is 10.2 Å². The Balaban J connectivity index is 1.44. The first-order valence-corrected chi connectivity index (χ1v) is 12.0. The fourth-order valence-electron chi connectivity index (χ4n) is 5.22. The van der Waals surface area contributed by atoms with Crippen molar-refractivity contribution < 1.29 is 4.79 Å². The molecule has 5 heterocycles. The van der Waals surface area contributed by atoms with Crippen LogP contribution in [0.4, 0.5) is 0 Å². The number of pyridine rings is 1. The number of hydrogen-bond donors (Lipinski definition) is 0. The van der Waals surface area contributed by atoms with E-state index >= 15 is 0 Å². The smallest absolute Gasteiger partial charge is 0.222 e. The third kappa shape index (κ3) is 3.09. The summed E-state index contributed by atoms with van der Waals surface area (Å²) in [7, 11) is 1.85. The van der Waals surface area contributed by atoms with Crippen LogP contribution < -0.4 is 0 Å². The molecule has 1 saturated carbocycles. The largest absolute Gasteiger partial charge is 0.340 e. The minimum Gasteiger partial charge on any atom is -0.340 e. The first-order valence-electron chi connectivity index (χ1n) is 12.0. The van der Waals surface area contributed by atoms with Gasteiger partial charge in [0.15, 0.2) is 0 Å². The second-order valence-corrected chi connectivity index (χ2v) is 9.57. The monoisotopic (exact) mass is 451 g/mol. The molecule has 1 fully saturated rings. The van der Waals surface area contributed by atoms with Crippen LogP contribution in [0.2, 0.25) is 0 Å². The summed E-state index contributed by atoms with van der Waals surface area (Å²) in [6.45, 7) is 1.16. The fraction of sp³-hybridized carbons (Fsp3) is 0.346. The summed E-state index contributed by atoms with van der Waals surface area (Å²) in [6, 6.07) is 8.09. The lowest BCUT2D eigenvalue weighted by Crippen LogP contribution is -2.26. The summed E-state index contributed by atoms with van der Waals surface area (Å²) in [5.41, 5.74) is 9.06. The van der Waals surface area contributed by atoms with Crippen molar-refractivity contribution in [3.8, 4) is 11.4 Å². The van der Waals surface area contributed by atoms with E-state index in [0.717, 1.165) is 53.4 Å². The van der Waals surface area contributed by atoms with Crippen LogP contribution in [-0.2, 0) is 24.3 Å². The summed E-state index contributed by atoms with van der Waals surface area (Å²) in [5.74, 6) is 0.643. The molecule has 0 spiro atoms. The maximum Gasteiger partial charge on any atom is 0.222 e. The van der Waals surface area contributed by atoms with Crippen LogP contribution in [0.25, 0.3) is 22.6 Å². The topological polar surface area (TPSA) is 81.2 Å². The molecule has 3 aliphatic rings. The van der Waals surface area contributed by atoms with E-state index in [4.69, 9.17) is 10.1 Å². The Hall–Kier alpha value is -3.81. The van der Waals surface area contributed by atoms with Crippen molar-refractivity contribution in [3.63, 3.8) is 0 Å². The molecule has 0 saturated heterocycles. The number of imidazole rings is 1. The number of rotatable bonds is 1. The van der Waals surface area contributed by atoms with Crippen molar-refractivity contribution in [3.05, 3.63) is 70.9 Å². The number of carbonyl (C=O) groups excluding carboxylic acids is 1. The number of amides is 1. The Kier molecular flexibility index (Phi) is 4.24. The number of nitrogens with zero attached hydrogens (tertiary/aromatic N) is 7. The van der Waals surface area contributed by atoms with Crippen LogP contribution in [0, 0.1) is 0 Å². The normalized spacial score (nSPS) is 18.0. The van der Waals surface area contributed by atoms with Crippen molar-refractivity contribution in [1.82, 2.24) is 34.3 Å². The SMILES string of the molecule is CN1Cc2nc3ccccn3c2-c2cc3c(nn2)CC=C3c2cn(nc2C2CC2)CCCC1=O. The van der Waals surface area contributed by atoms with Gasteiger partial charge in [0.25, 0.3) is 0 Å². The molecule has 34 heavy (non-hydrogen) atoms. The minimum absolute atomic E-state index is 0.108. The van der Waals surface area contributed by atoms with Gasteiger partial charge in [-0.05, 0) is 43.0 Å². The van der Waals surface area contributed by atoms with Crippen molar-refractivity contribution >= 4 is 17.1 Å². The minimum atomic E-state index is 0.108. The Labute approximate surface area is 196 Å². The van der Waals surface area contributed by atoms with Gasteiger partial charge in [-0.3, -0.25) is 13.9 Å². The molecule has 170 valence electrons. The van der Waals surface area contributed by atoms with Crippen LogP contribution in [0.5, 0.6) is 0 Å². The van der Waals surface area contributed by atoms with Crippen LogP contribution in [-0.4, -0.2) is 47.2 Å². The average Bonchev–Trinajstić information content (AvgIpc) is 3.31. The van der Waals surface area contributed by atoms with E-state index in [0.29, 0.717) is 18.9 Å². The molecular weight excluding hydrogens is 426 g/mol. The zero-order chi connectivity index (χ0) is 22.8. The summed E-state index contributed by atoms with van der Waals surface area (Å²) in [4.78, 5) is 19.6. The summed E-state index contributed by atoms with van der Waals surface area (Å²) in [5, 5.41) is 14.2. The van der Waals surface area contributed by atoms with Gasteiger partial charge >= 0.3 is 0 Å². The van der Waals surface area contributed by atoms with Crippen molar-refractivity contribution in [2.45, 2.75) is 51.1 Å². The highest BCUT2D eigenvalue weighted by atomic mass is 16.2. The molecule has 8 nitrogen and oxygen atoms in total. The maximum absolute atomic E-state index is 12.9. The predicted molar refractivity (Wildman–Crippen MR) is 127 cm³/mol. The van der Waals surface area contributed by atoms with Gasteiger partial charge < -0.3 is 4.90 Å². The lowest BCUT2D eigenvalue weighted by atomic mass is 9.99. The van der Waals surface area contributed by atoms with E-state index in [1.807, 2.05) is 40.5 Å². The van der Waals surface area contributed by atoms with Crippen LogP contribution >= 0.6 is 0 Å². The van der Waals surface area contributed by atoms with E-state index in [2.05, 4.69) is 28.5 Å². The summed E-state index contributed by atoms with van der Waals surface area (Å²) in [6.07, 6.45) is 10.8. The van der Waals surface area contributed by atoms with Gasteiger partial charge in [0, 0.05) is 55.9 Å². The second kappa shape index (κ2) is 7.35. The highest BCUT2D eigenvalue weighted by molar-refractivity contribution is 5.86. The Morgan fingerprint density at radius 2 is 2.00 bits per heavy atom. The Morgan fingerprint density at radius 1 is 1.09 bits per heavy atom. The van der Waals surface area contributed by atoms with E-state index in [9.17, 15) is 4.79 Å². The standard InChI is InChI=1S/C26H25N7O/c1-31-15-22-26(33-12-3-2-5-23(33)27-22)21-13-18-17(9-10-20(18)28-29-21)19-14-32(11-4-6-24(31)34)30-25(19)16-7-8-16/h2-3,5,9,12-14,16H,4,6-8,10-11,15H2,1H3. The maximum atomic E-state index is 12.9. The second-order valence-electron chi connectivity index (χ2n) is 9.57. The molecule has 8 heteroatoms. The average molecular weight is 452 g/mol. The number of aryl methyl sites for hydroxylation is 1. The molecule has 7 rings (SSSR count). The van der Waals surface area contributed by atoms with Crippen LogP contribution in [0.3, 0.4) is 0 Å². The molecule has 4 bridgehead atoms. The van der Waals surface area contributed by atoms with Gasteiger partial charge in [-0.1, -0.05) is 12.1 Å². The number of carbonyl (C=O) groups is 1. The lowest BCUT2D eigenvalue weighted by molar-refractivity contribution is -0.130. The van der Waals surface area contributed by atoms with E-state index in [-0.39, 0.29) is 5.91 Å². The van der Waals surface area contributed by atoms with Crippen molar-refractivity contribution in [2.24, 2.45) is 0 Å². The molecule has 4 aromatic heterocycles. The van der Waals surface area contributed by atoms with E-state index in [1.165, 1.54) is 29.7 Å². The van der Waals surface area contributed by atoms with E-state index < -0.39 is 0 Å². The summed E-state index contributed by atoms with van der Waals surface area (Å²) < 4.78 is 4.08. The zero-order valence-electron chi connectivity index (χ0n) is 19.1. The number of fused-ring (bicyclic) bond motifs is 8. The first-order chi connectivity index (χ1) is 16.7. The number of allylic oxidation sites excluding steroid dienone is 1. The van der Waals surface area contributed by atoms with Gasteiger partial charge in [-0.15, -0.1) is 5.10 Å². The molecule has 0 aromatic carbocycles. The highest BCUT2D eigenvalue weighted by Gasteiger charge is 2.32. The third-order valence-electron chi connectivity index (χ3n) is 7.14. The quantitative estimate of drug-likeness (QED) is 0.442. The van der Waals surface area contributed by atoms with Crippen molar-refractivity contribution in [2.75, 3.05) is 7.05 Å². The molecule has 0 unspecified atom stereocenters. The molecular formula is C26H25N7O. The third-order valence-corrected chi connectivity index (χ3v) is 7.14. The first kappa shape index (κ1) is 19.6. The zero-order valence-corrected chi connectivity index (χ0v) is 19.1. The van der Waals surface area contributed by atoms with Gasteiger partial charge in [0.2, 0.25) is 5.91 Å². The van der Waals surface area contributed by atoms with Gasteiger partial charge in [0.1, 0.15) is 11.3 Å². The molecule has 2 aliphatic carbocycles. The molecule has 0 N–H and O–H groups in total. The Morgan fingerprint density at radius 3 is 2.88 bits per heavy atom. The Bertz CT molecular complexity index is 1490. The van der Waals surface area contributed by atoms with Crippen LogP contribution in [0.1, 0.15) is 59.8 Å². The number of aromatic nitrogens is 6. The number of hydrogen-bond acceptors (Lipinski definition) is 5. The summed E-state index contributed by atoms with van der Waals surface area (Å²) >= 11 is 0. The fourth-order valence-corrected chi connectivity index (χ4v) is 5.22. The molecule has 0 atom stereocenters. The van der Waals surface area contributed by atoms with Gasteiger partial charge in [0.05, 0.1) is 29.3 Å². The van der Waals surface area contributed by atoms with Gasteiger partial charge in [-0.25, -0.2) is 4.98 Å². The van der Waals surface area contributed by atoms with Crippen LogP contribution in [0.15, 0.2) is 42.7 Å². The molecule has 1 amide bonds.